The Morgan fingerprint density at radius 3 is 2.36 bits per heavy atom. The van der Waals surface area contributed by atoms with E-state index in [9.17, 15) is 4.79 Å². The van der Waals surface area contributed by atoms with Gasteiger partial charge in [-0.2, -0.15) is 0 Å². The number of nitrogens with zero attached hydrogens (tertiary/aromatic N) is 2. The van der Waals surface area contributed by atoms with Gasteiger partial charge in [-0.15, -0.1) is 11.3 Å². The molecule has 0 unspecified atom stereocenters. The minimum Gasteiger partial charge on any atom is -0.493 e. The number of methoxy groups -OCH3 is 3. The summed E-state index contributed by atoms with van der Waals surface area (Å²) >= 11 is 1.57. The maximum atomic E-state index is 12.5. The van der Waals surface area contributed by atoms with Crippen LogP contribution in [0.5, 0.6) is 17.2 Å². The molecule has 8 heteroatoms. The Hall–Kier alpha value is -3.13. The van der Waals surface area contributed by atoms with Crippen molar-refractivity contribution in [3.8, 4) is 27.8 Å². The summed E-state index contributed by atoms with van der Waals surface area (Å²) in [5.41, 5.74) is 2.40. The lowest BCUT2D eigenvalue weighted by atomic mass is 10.1. The SMILES string of the molecule is COc1cc(C(=O)NCCc2csc(-c3ccncc3)n2)cc(OC)c1OC. The molecule has 0 saturated heterocycles. The van der Waals surface area contributed by atoms with Gasteiger partial charge in [0.2, 0.25) is 5.75 Å². The fourth-order valence-electron chi connectivity index (χ4n) is 2.67. The Kier molecular flexibility index (Phi) is 6.44. The Labute approximate surface area is 167 Å². The van der Waals surface area contributed by atoms with Crippen LogP contribution in [0.3, 0.4) is 0 Å². The van der Waals surface area contributed by atoms with Crippen molar-refractivity contribution in [1.82, 2.24) is 15.3 Å². The zero-order valence-electron chi connectivity index (χ0n) is 15.9. The number of benzene rings is 1. The minimum absolute atomic E-state index is 0.219. The van der Waals surface area contributed by atoms with Gasteiger partial charge < -0.3 is 19.5 Å². The van der Waals surface area contributed by atoms with Gasteiger partial charge in [0.1, 0.15) is 5.01 Å². The first-order chi connectivity index (χ1) is 13.7. The van der Waals surface area contributed by atoms with Crippen molar-refractivity contribution in [3.63, 3.8) is 0 Å². The Balaban J connectivity index is 1.63. The standard InChI is InChI=1S/C20H21N3O4S/c1-25-16-10-14(11-17(26-2)18(16)27-3)19(24)22-9-6-15-12-28-20(23-15)13-4-7-21-8-5-13/h4-5,7-8,10-12H,6,9H2,1-3H3,(H,22,24). The molecule has 0 fully saturated rings. The van der Waals surface area contributed by atoms with Gasteiger partial charge in [-0.1, -0.05) is 0 Å². The molecule has 146 valence electrons. The highest BCUT2D eigenvalue weighted by molar-refractivity contribution is 7.13. The predicted molar refractivity (Wildman–Crippen MR) is 107 cm³/mol. The molecule has 3 rings (SSSR count). The number of nitrogens with one attached hydrogen (secondary N) is 1. The van der Waals surface area contributed by atoms with Gasteiger partial charge in [-0.05, 0) is 24.3 Å². The third kappa shape index (κ3) is 4.40. The fraction of sp³-hybridized carbons (Fsp3) is 0.250. The highest BCUT2D eigenvalue weighted by Gasteiger charge is 2.17. The summed E-state index contributed by atoms with van der Waals surface area (Å²) in [7, 11) is 4.55. The van der Waals surface area contributed by atoms with E-state index in [1.165, 1.54) is 21.3 Å². The van der Waals surface area contributed by atoms with Crippen molar-refractivity contribution in [2.45, 2.75) is 6.42 Å². The van der Waals surface area contributed by atoms with Crippen molar-refractivity contribution in [2.75, 3.05) is 27.9 Å². The molecule has 0 saturated carbocycles. The van der Waals surface area contributed by atoms with Crippen LogP contribution in [0.4, 0.5) is 0 Å². The van der Waals surface area contributed by atoms with E-state index in [1.54, 1.807) is 35.9 Å². The van der Waals surface area contributed by atoms with Gasteiger partial charge in [0, 0.05) is 41.9 Å². The molecule has 0 aliphatic carbocycles. The molecule has 7 nitrogen and oxygen atoms in total. The van der Waals surface area contributed by atoms with Crippen LogP contribution in [-0.2, 0) is 6.42 Å². The predicted octanol–water partition coefficient (Wildman–Crippen LogP) is 3.20. The first-order valence-corrected chi connectivity index (χ1v) is 9.47. The molecule has 0 aliphatic rings. The van der Waals surface area contributed by atoms with Crippen LogP contribution < -0.4 is 19.5 Å². The molecular weight excluding hydrogens is 378 g/mol. The number of thiazole rings is 1. The summed E-state index contributed by atoms with van der Waals surface area (Å²) in [5, 5.41) is 5.84. The van der Waals surface area contributed by atoms with Crippen LogP contribution >= 0.6 is 11.3 Å². The molecule has 1 aromatic carbocycles. The molecule has 0 spiro atoms. The number of aromatic nitrogens is 2. The average Bonchev–Trinajstić information content (AvgIpc) is 3.22. The van der Waals surface area contributed by atoms with Crippen molar-refractivity contribution < 1.29 is 19.0 Å². The van der Waals surface area contributed by atoms with Gasteiger partial charge in [-0.3, -0.25) is 9.78 Å². The first-order valence-electron chi connectivity index (χ1n) is 8.59. The zero-order chi connectivity index (χ0) is 19.9. The highest BCUT2D eigenvalue weighted by Crippen LogP contribution is 2.38. The summed E-state index contributed by atoms with van der Waals surface area (Å²) in [5.74, 6) is 1.11. The van der Waals surface area contributed by atoms with Crippen LogP contribution in [-0.4, -0.2) is 43.7 Å². The van der Waals surface area contributed by atoms with E-state index in [0.29, 0.717) is 35.8 Å². The van der Waals surface area contributed by atoms with Crippen LogP contribution in [0.25, 0.3) is 10.6 Å². The topological polar surface area (TPSA) is 82.6 Å². The third-order valence-electron chi connectivity index (χ3n) is 4.07. The normalized spacial score (nSPS) is 10.4. The quantitative estimate of drug-likeness (QED) is 0.626. The largest absolute Gasteiger partial charge is 0.493 e. The molecule has 0 bridgehead atoms. The summed E-state index contributed by atoms with van der Waals surface area (Å²) in [6, 6.07) is 7.10. The summed E-state index contributed by atoms with van der Waals surface area (Å²) in [6.45, 7) is 0.467. The first kappa shape index (κ1) is 19.6. The Morgan fingerprint density at radius 1 is 1.07 bits per heavy atom. The monoisotopic (exact) mass is 399 g/mol. The van der Waals surface area contributed by atoms with Crippen LogP contribution in [0.1, 0.15) is 16.1 Å². The molecular formula is C20H21N3O4S. The van der Waals surface area contributed by atoms with Crippen LogP contribution in [0, 0.1) is 0 Å². The van der Waals surface area contributed by atoms with E-state index in [1.807, 2.05) is 17.5 Å². The third-order valence-corrected chi connectivity index (χ3v) is 5.01. The van der Waals surface area contributed by atoms with E-state index < -0.39 is 0 Å². The van der Waals surface area contributed by atoms with Crippen LogP contribution in [0.15, 0.2) is 42.0 Å². The number of hydrogen-bond acceptors (Lipinski definition) is 7. The molecule has 2 heterocycles. The lowest BCUT2D eigenvalue weighted by Crippen LogP contribution is -2.25. The Bertz CT molecular complexity index is 919. The maximum Gasteiger partial charge on any atom is 0.251 e. The second-order valence-electron chi connectivity index (χ2n) is 5.80. The van der Waals surface area contributed by atoms with Crippen molar-refractivity contribution in [1.29, 1.82) is 0 Å². The molecule has 1 amide bonds. The van der Waals surface area contributed by atoms with E-state index >= 15 is 0 Å². The lowest BCUT2D eigenvalue weighted by molar-refractivity contribution is 0.0953. The number of hydrogen-bond donors (Lipinski definition) is 1. The molecule has 0 radical (unpaired) electrons. The van der Waals surface area contributed by atoms with Gasteiger partial charge in [0.15, 0.2) is 11.5 Å². The van der Waals surface area contributed by atoms with Gasteiger partial charge in [-0.25, -0.2) is 4.98 Å². The smallest absolute Gasteiger partial charge is 0.251 e. The van der Waals surface area contributed by atoms with Crippen LogP contribution in [0.2, 0.25) is 0 Å². The molecule has 28 heavy (non-hydrogen) atoms. The zero-order valence-corrected chi connectivity index (χ0v) is 16.7. The van der Waals surface area contributed by atoms with Crippen molar-refractivity contribution in [3.05, 3.63) is 53.3 Å². The molecule has 0 atom stereocenters. The van der Waals surface area contributed by atoms with E-state index in [0.717, 1.165) is 16.3 Å². The number of carbonyl (C=O) groups is 1. The van der Waals surface area contributed by atoms with E-state index in [-0.39, 0.29) is 5.91 Å². The summed E-state index contributed by atoms with van der Waals surface area (Å²) in [4.78, 5) is 21.1. The minimum atomic E-state index is -0.219. The molecule has 3 aromatic rings. The number of ether oxygens (including phenoxy) is 3. The number of carbonyl (C=O) groups excluding carboxylic acids is 1. The molecule has 2 aromatic heterocycles. The molecule has 0 aliphatic heterocycles. The van der Waals surface area contributed by atoms with Gasteiger partial charge in [0.05, 0.1) is 27.0 Å². The van der Waals surface area contributed by atoms with Crippen molar-refractivity contribution in [2.24, 2.45) is 0 Å². The number of rotatable bonds is 8. The molecule has 1 N–H and O–H groups in total. The van der Waals surface area contributed by atoms with Gasteiger partial charge >= 0.3 is 0 Å². The van der Waals surface area contributed by atoms with Crippen molar-refractivity contribution >= 4 is 17.2 Å². The maximum absolute atomic E-state index is 12.5. The number of pyridine rings is 1. The van der Waals surface area contributed by atoms with E-state index in [2.05, 4.69) is 15.3 Å². The van der Waals surface area contributed by atoms with Gasteiger partial charge in [0.25, 0.3) is 5.91 Å². The second-order valence-corrected chi connectivity index (χ2v) is 6.66. The highest BCUT2D eigenvalue weighted by atomic mass is 32.1. The fourth-order valence-corrected chi connectivity index (χ4v) is 3.53. The summed E-state index contributed by atoms with van der Waals surface area (Å²) in [6.07, 6.45) is 4.12. The Morgan fingerprint density at radius 2 is 1.75 bits per heavy atom. The number of amides is 1. The van der Waals surface area contributed by atoms with E-state index in [4.69, 9.17) is 14.2 Å². The summed E-state index contributed by atoms with van der Waals surface area (Å²) < 4.78 is 15.9. The lowest BCUT2D eigenvalue weighted by Gasteiger charge is -2.14. The second kappa shape index (κ2) is 9.18. The average molecular weight is 399 g/mol.